The predicted molar refractivity (Wildman–Crippen MR) is 103 cm³/mol. The van der Waals surface area contributed by atoms with Gasteiger partial charge in [0.15, 0.2) is 0 Å². The Kier molecular flexibility index (Phi) is 5.53. The molecule has 1 aliphatic rings. The Hall–Kier alpha value is -3.06. The lowest BCUT2D eigenvalue weighted by Gasteiger charge is -2.18. The monoisotopic (exact) mass is 421 g/mol. The minimum Gasteiger partial charge on any atom is -0.465 e. The second-order valence-electron chi connectivity index (χ2n) is 6.25. The topological polar surface area (TPSA) is 46.6 Å². The molecule has 3 rings (SSSR count). The molecule has 0 bridgehead atoms. The van der Waals surface area contributed by atoms with Crippen molar-refractivity contribution in [2.45, 2.75) is 13.1 Å². The molecule has 29 heavy (non-hydrogen) atoms. The largest absolute Gasteiger partial charge is 0.465 e. The fourth-order valence-electron chi connectivity index (χ4n) is 3.02. The highest BCUT2D eigenvalue weighted by Gasteiger charge is 2.38. The first-order valence-corrected chi connectivity index (χ1v) is 8.80. The van der Waals surface area contributed by atoms with Crippen LogP contribution in [0.2, 0.25) is 5.02 Å². The van der Waals surface area contributed by atoms with Crippen LogP contribution < -0.4 is 4.90 Å². The van der Waals surface area contributed by atoms with Gasteiger partial charge in [0.1, 0.15) is 0 Å². The number of hydrogen-bond donors (Lipinski definition) is 0. The highest BCUT2D eigenvalue weighted by Crippen LogP contribution is 2.37. The highest BCUT2D eigenvalue weighted by molar-refractivity contribution is 6.30. The molecule has 0 aliphatic carbocycles. The van der Waals surface area contributed by atoms with Gasteiger partial charge in [0.05, 0.1) is 23.8 Å². The summed E-state index contributed by atoms with van der Waals surface area (Å²) in [5.41, 5.74) is 0.396. The summed E-state index contributed by atoms with van der Waals surface area (Å²) in [7, 11) is 1.19. The molecule has 0 aromatic heterocycles. The third kappa shape index (κ3) is 4.05. The van der Waals surface area contributed by atoms with Gasteiger partial charge in [-0.1, -0.05) is 23.7 Å². The van der Waals surface area contributed by atoms with E-state index in [1.54, 1.807) is 24.3 Å². The number of methoxy groups -OCH3 is 1. The molecule has 0 fully saturated rings. The number of allylic oxidation sites excluding steroid dienone is 1. The fraction of sp³-hybridized carbons (Fsp3) is 0.143. The van der Waals surface area contributed by atoms with Crippen LogP contribution >= 0.6 is 11.6 Å². The summed E-state index contributed by atoms with van der Waals surface area (Å²) in [6.07, 6.45) is -2.98. The molecular weight excluding hydrogens is 407 g/mol. The molecule has 0 N–H and O–H groups in total. The summed E-state index contributed by atoms with van der Waals surface area (Å²) in [5, 5.41) is 0.510. The van der Waals surface area contributed by atoms with E-state index in [2.05, 4.69) is 0 Å². The first-order chi connectivity index (χ1) is 13.6. The average Bonchev–Trinajstić information content (AvgIpc) is 2.92. The summed E-state index contributed by atoms with van der Waals surface area (Å²) in [6, 6.07) is 10.8. The van der Waals surface area contributed by atoms with Crippen molar-refractivity contribution in [1.82, 2.24) is 0 Å². The lowest BCUT2D eigenvalue weighted by molar-refractivity contribution is -0.137. The minimum atomic E-state index is -4.49. The second-order valence-corrected chi connectivity index (χ2v) is 6.68. The van der Waals surface area contributed by atoms with Crippen molar-refractivity contribution in [1.29, 1.82) is 0 Å². The van der Waals surface area contributed by atoms with Gasteiger partial charge in [-0.25, -0.2) is 4.79 Å². The number of hydrogen-bond acceptors (Lipinski definition) is 3. The van der Waals surface area contributed by atoms with Crippen molar-refractivity contribution in [3.63, 3.8) is 0 Å². The first kappa shape index (κ1) is 20.7. The zero-order chi connectivity index (χ0) is 21.3. The van der Waals surface area contributed by atoms with Crippen LogP contribution in [0.5, 0.6) is 0 Å². The van der Waals surface area contributed by atoms with Crippen LogP contribution in [0.3, 0.4) is 0 Å². The van der Waals surface area contributed by atoms with E-state index < -0.39 is 23.6 Å². The lowest BCUT2D eigenvalue weighted by Crippen LogP contribution is -2.24. The molecule has 0 saturated heterocycles. The molecule has 0 radical (unpaired) electrons. The van der Waals surface area contributed by atoms with Crippen molar-refractivity contribution < 1.29 is 27.5 Å². The number of carbonyl (C=O) groups is 2. The molecular formula is C21H15ClF3NO3. The van der Waals surface area contributed by atoms with Gasteiger partial charge in [0, 0.05) is 16.4 Å². The van der Waals surface area contributed by atoms with Crippen LogP contribution in [0.25, 0.3) is 6.08 Å². The number of amides is 1. The summed E-state index contributed by atoms with van der Waals surface area (Å²) in [6.45, 7) is 1.53. The second kappa shape index (κ2) is 7.75. The Morgan fingerprint density at radius 1 is 1.07 bits per heavy atom. The van der Waals surface area contributed by atoms with Crippen molar-refractivity contribution in [2.24, 2.45) is 0 Å². The van der Waals surface area contributed by atoms with Gasteiger partial charge in [0.25, 0.3) is 5.91 Å². The Morgan fingerprint density at radius 2 is 1.66 bits per heavy atom. The van der Waals surface area contributed by atoms with E-state index >= 15 is 0 Å². The van der Waals surface area contributed by atoms with Gasteiger partial charge >= 0.3 is 12.1 Å². The first-order valence-electron chi connectivity index (χ1n) is 8.42. The molecule has 1 heterocycles. The zero-order valence-corrected chi connectivity index (χ0v) is 16.1. The van der Waals surface area contributed by atoms with Gasteiger partial charge < -0.3 is 4.74 Å². The number of esters is 1. The number of nitrogens with zero attached hydrogens (tertiary/aromatic N) is 1. The smallest absolute Gasteiger partial charge is 0.416 e. The minimum absolute atomic E-state index is 0.0485. The van der Waals surface area contributed by atoms with Gasteiger partial charge in [-0.05, 0) is 55.0 Å². The van der Waals surface area contributed by atoms with Crippen LogP contribution in [0.15, 0.2) is 65.4 Å². The number of alkyl halides is 3. The van der Waals surface area contributed by atoms with Crippen LogP contribution in [0, 0.1) is 0 Å². The molecule has 0 saturated carbocycles. The molecule has 1 amide bonds. The van der Waals surface area contributed by atoms with Crippen molar-refractivity contribution in [3.8, 4) is 0 Å². The lowest BCUT2D eigenvalue weighted by atomic mass is 10.0. The summed E-state index contributed by atoms with van der Waals surface area (Å²) in [4.78, 5) is 26.6. The maximum absolute atomic E-state index is 13.1. The van der Waals surface area contributed by atoms with E-state index in [1.807, 2.05) is 0 Å². The number of rotatable bonds is 3. The fourth-order valence-corrected chi connectivity index (χ4v) is 3.14. The molecule has 0 atom stereocenters. The number of anilines is 1. The van der Waals surface area contributed by atoms with Crippen LogP contribution in [0.1, 0.15) is 18.1 Å². The number of halogens is 4. The van der Waals surface area contributed by atoms with Gasteiger partial charge in [-0.3, -0.25) is 9.69 Å². The maximum Gasteiger partial charge on any atom is 0.416 e. The third-order valence-corrected chi connectivity index (χ3v) is 4.68. The van der Waals surface area contributed by atoms with E-state index in [1.165, 1.54) is 37.1 Å². The molecule has 2 aromatic carbocycles. The predicted octanol–water partition coefficient (Wildman–Crippen LogP) is 5.24. The SMILES string of the molecule is COC(=O)C1=C(C)N(c2ccc(C(F)(F)F)cc2)C(=O)/C1=C\c1ccc(Cl)cc1. The van der Waals surface area contributed by atoms with E-state index in [4.69, 9.17) is 16.3 Å². The standard InChI is InChI=1S/C21H15ClF3NO3/c1-12-18(20(28)29-2)17(11-13-3-7-15(22)8-4-13)19(27)26(12)16-9-5-14(6-10-16)21(23,24)25/h3-11H,1-2H3/b17-11-. The summed E-state index contributed by atoms with van der Waals surface area (Å²) in [5.74, 6) is -1.26. The molecule has 8 heteroatoms. The highest BCUT2D eigenvalue weighted by atomic mass is 35.5. The van der Waals surface area contributed by atoms with Crippen molar-refractivity contribution in [2.75, 3.05) is 12.0 Å². The van der Waals surface area contributed by atoms with E-state index in [9.17, 15) is 22.8 Å². The molecule has 2 aromatic rings. The average molecular weight is 422 g/mol. The number of carbonyl (C=O) groups excluding carboxylic acids is 2. The Labute approximate surface area is 169 Å². The number of benzene rings is 2. The summed E-state index contributed by atoms with van der Waals surface area (Å²) >= 11 is 5.87. The van der Waals surface area contributed by atoms with Gasteiger partial charge in [0.2, 0.25) is 0 Å². The van der Waals surface area contributed by atoms with Gasteiger partial charge in [-0.2, -0.15) is 13.2 Å². The third-order valence-electron chi connectivity index (χ3n) is 4.42. The van der Waals surface area contributed by atoms with E-state index in [0.717, 1.165) is 12.1 Å². The number of ether oxygens (including phenoxy) is 1. The van der Waals surface area contributed by atoms with Crippen molar-refractivity contribution >= 4 is 35.2 Å². The molecule has 0 unspecified atom stereocenters. The van der Waals surface area contributed by atoms with Crippen LogP contribution in [-0.2, 0) is 20.5 Å². The Morgan fingerprint density at radius 3 is 2.17 bits per heavy atom. The molecule has 150 valence electrons. The molecule has 1 aliphatic heterocycles. The van der Waals surface area contributed by atoms with Crippen LogP contribution in [-0.4, -0.2) is 19.0 Å². The molecule has 0 spiro atoms. The van der Waals surface area contributed by atoms with E-state index in [-0.39, 0.29) is 22.5 Å². The van der Waals surface area contributed by atoms with E-state index in [0.29, 0.717) is 10.6 Å². The summed E-state index contributed by atoms with van der Waals surface area (Å²) < 4.78 is 43.3. The Balaban J connectivity index is 2.08. The van der Waals surface area contributed by atoms with Gasteiger partial charge in [-0.15, -0.1) is 0 Å². The zero-order valence-electron chi connectivity index (χ0n) is 15.4. The van der Waals surface area contributed by atoms with Crippen molar-refractivity contribution in [3.05, 3.63) is 81.5 Å². The molecule has 4 nitrogen and oxygen atoms in total. The maximum atomic E-state index is 13.1. The normalized spacial score (nSPS) is 16.0. The Bertz CT molecular complexity index is 1020. The van der Waals surface area contributed by atoms with Crippen LogP contribution in [0.4, 0.5) is 18.9 Å². The quantitative estimate of drug-likeness (QED) is 0.503.